The number of aromatic hydroxyl groups is 1. The number of hydrogen-bond donors (Lipinski definition) is 2. The van der Waals surface area contributed by atoms with Crippen LogP contribution in [0.4, 0.5) is 0 Å². The quantitative estimate of drug-likeness (QED) is 0.784. The molecule has 1 aromatic carbocycles. The Morgan fingerprint density at radius 1 is 1.47 bits per heavy atom. The second-order valence-corrected chi connectivity index (χ2v) is 3.57. The number of carbonyl (C=O) groups is 1. The lowest BCUT2D eigenvalue weighted by Gasteiger charge is -2.01. The molecule has 0 saturated heterocycles. The fourth-order valence-corrected chi connectivity index (χ4v) is 1.68. The first kappa shape index (κ1) is 9.86. The highest BCUT2D eigenvalue weighted by molar-refractivity contribution is 6.36. The van der Waals surface area contributed by atoms with Crippen molar-refractivity contribution in [3.8, 4) is 5.75 Å². The van der Waals surface area contributed by atoms with Crippen LogP contribution in [0.15, 0.2) is 16.5 Å². The minimum absolute atomic E-state index is 0.109. The van der Waals surface area contributed by atoms with Crippen molar-refractivity contribution in [3.63, 3.8) is 0 Å². The third-order valence-corrected chi connectivity index (χ3v) is 2.40. The van der Waals surface area contributed by atoms with Crippen LogP contribution in [0.2, 0.25) is 5.02 Å². The van der Waals surface area contributed by atoms with E-state index in [0.29, 0.717) is 11.1 Å². The van der Waals surface area contributed by atoms with Gasteiger partial charge in [-0.15, -0.1) is 0 Å². The fourth-order valence-electron chi connectivity index (χ4n) is 1.43. The van der Waals surface area contributed by atoms with Crippen molar-refractivity contribution in [2.24, 2.45) is 0 Å². The molecule has 0 aliphatic heterocycles. The fraction of sp³-hybridized carbons (Fsp3) is 0.100. The summed E-state index contributed by atoms with van der Waals surface area (Å²) in [7, 11) is 0. The molecule has 0 radical (unpaired) electrons. The number of hydrogen-bond acceptors (Lipinski definition) is 3. The number of aromatic carboxylic acids is 1. The predicted octanol–water partition coefficient (Wildman–Crippen LogP) is 2.80. The van der Waals surface area contributed by atoms with E-state index in [1.165, 1.54) is 6.07 Å². The molecule has 0 saturated carbocycles. The van der Waals surface area contributed by atoms with Gasteiger partial charge in [0.05, 0.1) is 5.02 Å². The smallest absolute Gasteiger partial charge is 0.339 e. The maximum absolute atomic E-state index is 10.8. The topological polar surface area (TPSA) is 70.7 Å². The zero-order valence-corrected chi connectivity index (χ0v) is 8.50. The molecule has 2 rings (SSSR count). The van der Waals surface area contributed by atoms with Crippen molar-refractivity contribution >= 4 is 28.5 Å². The normalized spacial score (nSPS) is 10.8. The lowest BCUT2D eigenvalue weighted by atomic mass is 10.1. The third kappa shape index (κ3) is 1.43. The van der Waals surface area contributed by atoms with Crippen LogP contribution in [0.25, 0.3) is 11.0 Å². The molecule has 0 amide bonds. The van der Waals surface area contributed by atoms with Crippen LogP contribution in [0.1, 0.15) is 16.1 Å². The third-order valence-electron chi connectivity index (χ3n) is 2.08. The number of benzene rings is 1. The first-order valence-corrected chi connectivity index (χ1v) is 4.53. The number of halogens is 1. The Kier molecular flexibility index (Phi) is 2.08. The van der Waals surface area contributed by atoms with Crippen LogP contribution in [-0.4, -0.2) is 16.2 Å². The number of aryl methyl sites for hydroxylation is 1. The zero-order chi connectivity index (χ0) is 11.2. The van der Waals surface area contributed by atoms with Gasteiger partial charge in [-0.25, -0.2) is 4.79 Å². The molecular weight excluding hydrogens is 220 g/mol. The summed E-state index contributed by atoms with van der Waals surface area (Å²) in [6.45, 7) is 1.69. The molecule has 15 heavy (non-hydrogen) atoms. The first-order chi connectivity index (χ1) is 7.00. The van der Waals surface area contributed by atoms with Gasteiger partial charge in [-0.05, 0) is 19.1 Å². The van der Waals surface area contributed by atoms with Crippen LogP contribution in [-0.2, 0) is 0 Å². The lowest BCUT2D eigenvalue weighted by Crippen LogP contribution is -1.96. The van der Waals surface area contributed by atoms with Gasteiger partial charge in [0, 0.05) is 5.39 Å². The summed E-state index contributed by atoms with van der Waals surface area (Å²) in [6, 6.07) is 2.85. The van der Waals surface area contributed by atoms with E-state index in [-0.39, 0.29) is 16.2 Å². The molecule has 0 atom stereocenters. The average molecular weight is 227 g/mol. The van der Waals surface area contributed by atoms with Gasteiger partial charge in [0.1, 0.15) is 11.3 Å². The van der Waals surface area contributed by atoms with Crippen LogP contribution < -0.4 is 0 Å². The molecule has 1 heterocycles. The van der Waals surface area contributed by atoms with Gasteiger partial charge in [0.15, 0.2) is 11.3 Å². The summed E-state index contributed by atoms with van der Waals surface area (Å²) in [4.78, 5) is 10.8. The molecule has 0 unspecified atom stereocenters. The molecule has 5 heteroatoms. The van der Waals surface area contributed by atoms with Gasteiger partial charge in [-0.1, -0.05) is 11.6 Å². The number of phenols is 1. The highest BCUT2D eigenvalue weighted by atomic mass is 35.5. The van der Waals surface area contributed by atoms with Crippen LogP contribution in [0.5, 0.6) is 5.75 Å². The molecule has 2 N–H and O–H groups in total. The molecule has 4 nitrogen and oxygen atoms in total. The number of rotatable bonds is 1. The Labute approximate surface area is 89.7 Å². The SMILES string of the molecule is Cc1cc2c(Cl)cc(C(=O)O)c(O)c2o1. The summed E-state index contributed by atoms with van der Waals surface area (Å²) in [6.07, 6.45) is 0. The van der Waals surface area contributed by atoms with E-state index >= 15 is 0 Å². The van der Waals surface area contributed by atoms with Crippen LogP contribution in [0, 0.1) is 6.92 Å². The van der Waals surface area contributed by atoms with E-state index in [4.69, 9.17) is 21.1 Å². The Bertz CT molecular complexity index is 556. The average Bonchev–Trinajstić information content (AvgIpc) is 2.53. The Hall–Kier alpha value is -1.68. The van der Waals surface area contributed by atoms with E-state index in [2.05, 4.69) is 0 Å². The van der Waals surface area contributed by atoms with Crippen molar-refractivity contribution in [2.45, 2.75) is 6.92 Å². The summed E-state index contributed by atoms with van der Waals surface area (Å²) < 4.78 is 5.17. The Morgan fingerprint density at radius 3 is 2.73 bits per heavy atom. The Balaban J connectivity index is 2.89. The monoisotopic (exact) mass is 226 g/mol. The maximum Gasteiger partial charge on any atom is 0.339 e. The van der Waals surface area contributed by atoms with Gasteiger partial charge in [-0.3, -0.25) is 0 Å². The highest BCUT2D eigenvalue weighted by Crippen LogP contribution is 2.36. The van der Waals surface area contributed by atoms with Crippen LogP contribution >= 0.6 is 11.6 Å². The van der Waals surface area contributed by atoms with Gasteiger partial charge < -0.3 is 14.6 Å². The lowest BCUT2D eigenvalue weighted by molar-refractivity contribution is 0.0694. The standard InChI is InChI=1S/C10H7ClO4/c1-4-2-5-7(11)3-6(10(13)14)8(12)9(5)15-4/h2-3,12H,1H3,(H,13,14). The molecule has 1 aromatic heterocycles. The van der Waals surface area contributed by atoms with Gasteiger partial charge in [0.25, 0.3) is 0 Å². The van der Waals surface area contributed by atoms with Gasteiger partial charge in [0.2, 0.25) is 0 Å². The van der Waals surface area contributed by atoms with E-state index in [1.807, 2.05) is 0 Å². The van der Waals surface area contributed by atoms with Crippen molar-refractivity contribution in [1.82, 2.24) is 0 Å². The predicted molar refractivity (Wildman–Crippen MR) is 54.6 cm³/mol. The molecule has 78 valence electrons. The minimum atomic E-state index is -1.25. The number of furan rings is 1. The molecular formula is C10H7ClO4. The van der Waals surface area contributed by atoms with Gasteiger partial charge >= 0.3 is 5.97 Å². The number of carboxylic acids is 1. The number of fused-ring (bicyclic) bond motifs is 1. The summed E-state index contributed by atoms with van der Waals surface area (Å²) in [5, 5.41) is 19.2. The molecule has 0 fully saturated rings. The first-order valence-electron chi connectivity index (χ1n) is 4.15. The zero-order valence-electron chi connectivity index (χ0n) is 7.74. The Morgan fingerprint density at radius 2 is 2.13 bits per heavy atom. The summed E-state index contributed by atoms with van der Waals surface area (Å²) in [5.41, 5.74) is -0.153. The summed E-state index contributed by atoms with van der Waals surface area (Å²) >= 11 is 5.86. The highest BCUT2D eigenvalue weighted by Gasteiger charge is 2.18. The van der Waals surface area contributed by atoms with Crippen LogP contribution in [0.3, 0.4) is 0 Å². The maximum atomic E-state index is 10.8. The minimum Gasteiger partial charge on any atom is -0.504 e. The van der Waals surface area contributed by atoms with Crippen molar-refractivity contribution in [2.75, 3.05) is 0 Å². The van der Waals surface area contributed by atoms with E-state index < -0.39 is 11.7 Å². The van der Waals surface area contributed by atoms with Crippen molar-refractivity contribution in [1.29, 1.82) is 0 Å². The largest absolute Gasteiger partial charge is 0.504 e. The second-order valence-electron chi connectivity index (χ2n) is 3.16. The van der Waals surface area contributed by atoms with Gasteiger partial charge in [-0.2, -0.15) is 0 Å². The van der Waals surface area contributed by atoms with E-state index in [1.54, 1.807) is 13.0 Å². The second kappa shape index (κ2) is 3.17. The summed E-state index contributed by atoms with van der Waals surface area (Å²) in [5.74, 6) is -1.08. The molecule has 2 aromatic rings. The van der Waals surface area contributed by atoms with Crippen molar-refractivity contribution in [3.05, 3.63) is 28.5 Å². The van der Waals surface area contributed by atoms with E-state index in [0.717, 1.165) is 0 Å². The molecule has 0 spiro atoms. The molecule has 0 aliphatic carbocycles. The molecule has 0 bridgehead atoms. The van der Waals surface area contributed by atoms with E-state index in [9.17, 15) is 9.90 Å². The number of carboxylic acid groups (broad SMARTS) is 1. The molecule has 0 aliphatic rings. The van der Waals surface area contributed by atoms with Crippen molar-refractivity contribution < 1.29 is 19.4 Å².